The van der Waals surface area contributed by atoms with Crippen molar-refractivity contribution >= 4 is 16.0 Å². The Hall–Kier alpha value is -0.660. The summed E-state index contributed by atoms with van der Waals surface area (Å²) < 4.78 is 30.1. The second-order valence-corrected chi connectivity index (χ2v) is 5.68. The van der Waals surface area contributed by atoms with Crippen LogP contribution < -0.4 is 10.0 Å². The van der Waals surface area contributed by atoms with Crippen molar-refractivity contribution in [2.24, 2.45) is 0 Å². The zero-order chi connectivity index (χ0) is 12.0. The van der Waals surface area contributed by atoms with Gasteiger partial charge in [0.15, 0.2) is 0 Å². The number of esters is 1. The number of rotatable bonds is 5. The summed E-state index contributed by atoms with van der Waals surface area (Å²) in [6.45, 7) is 1.58. The highest BCUT2D eigenvalue weighted by Crippen LogP contribution is 2.03. The molecule has 0 aromatic rings. The Morgan fingerprint density at radius 3 is 2.88 bits per heavy atom. The van der Waals surface area contributed by atoms with E-state index in [0.717, 1.165) is 19.4 Å². The molecule has 1 rings (SSSR count). The van der Waals surface area contributed by atoms with Crippen LogP contribution in [0.2, 0.25) is 0 Å². The highest BCUT2D eigenvalue weighted by molar-refractivity contribution is 7.89. The maximum Gasteiger partial charge on any atom is 0.306 e. The predicted octanol–water partition coefficient (Wildman–Crippen LogP) is -0.779. The van der Waals surface area contributed by atoms with E-state index in [1.165, 1.54) is 7.11 Å². The molecule has 0 aromatic heterocycles. The van der Waals surface area contributed by atoms with E-state index in [2.05, 4.69) is 14.8 Å². The molecule has 1 saturated heterocycles. The number of carbonyl (C=O) groups excluding carboxylic acids is 1. The van der Waals surface area contributed by atoms with Gasteiger partial charge in [0.25, 0.3) is 0 Å². The van der Waals surface area contributed by atoms with Gasteiger partial charge in [-0.1, -0.05) is 0 Å². The molecule has 0 spiro atoms. The van der Waals surface area contributed by atoms with Crippen molar-refractivity contribution in [2.45, 2.75) is 25.3 Å². The Morgan fingerprint density at radius 1 is 1.56 bits per heavy atom. The van der Waals surface area contributed by atoms with Crippen LogP contribution in [0.25, 0.3) is 0 Å². The average molecular weight is 250 g/mol. The summed E-state index contributed by atoms with van der Waals surface area (Å²) in [7, 11) is -2.13. The predicted molar refractivity (Wildman–Crippen MR) is 59.4 cm³/mol. The van der Waals surface area contributed by atoms with Crippen LogP contribution in [0.1, 0.15) is 19.3 Å². The van der Waals surface area contributed by atoms with Gasteiger partial charge in [0.2, 0.25) is 10.0 Å². The van der Waals surface area contributed by atoms with E-state index in [1.807, 2.05) is 0 Å². The van der Waals surface area contributed by atoms with Crippen molar-refractivity contribution in [3.63, 3.8) is 0 Å². The number of nitrogens with one attached hydrogen (secondary N) is 2. The van der Waals surface area contributed by atoms with E-state index in [9.17, 15) is 13.2 Å². The largest absolute Gasteiger partial charge is 0.469 e. The molecular weight excluding hydrogens is 232 g/mol. The first-order valence-electron chi connectivity index (χ1n) is 5.31. The Balaban J connectivity index is 2.35. The molecule has 1 aliphatic heterocycles. The molecule has 0 bridgehead atoms. The summed E-state index contributed by atoms with van der Waals surface area (Å²) in [5.74, 6) is -0.719. The average Bonchev–Trinajstić information content (AvgIpc) is 2.27. The first kappa shape index (κ1) is 13.4. The SMILES string of the molecule is COC(=O)CCS(=O)(=O)N[C@H]1CCCNC1. The highest BCUT2D eigenvalue weighted by atomic mass is 32.2. The van der Waals surface area contributed by atoms with Gasteiger partial charge in [-0.05, 0) is 19.4 Å². The monoisotopic (exact) mass is 250 g/mol. The Bertz CT molecular complexity index is 322. The van der Waals surface area contributed by atoms with Crippen LogP contribution in [0.5, 0.6) is 0 Å². The van der Waals surface area contributed by atoms with Crippen LogP contribution in [0.15, 0.2) is 0 Å². The number of piperidine rings is 1. The lowest BCUT2D eigenvalue weighted by Crippen LogP contribution is -2.46. The standard InChI is InChI=1S/C9H18N2O4S/c1-15-9(12)4-6-16(13,14)11-8-3-2-5-10-7-8/h8,10-11H,2-7H2,1H3/t8-/m0/s1. The van der Waals surface area contributed by atoms with Gasteiger partial charge >= 0.3 is 5.97 Å². The van der Waals surface area contributed by atoms with Gasteiger partial charge in [-0.2, -0.15) is 0 Å². The lowest BCUT2D eigenvalue weighted by atomic mass is 10.1. The quantitative estimate of drug-likeness (QED) is 0.625. The molecule has 1 fully saturated rings. The smallest absolute Gasteiger partial charge is 0.306 e. The lowest BCUT2D eigenvalue weighted by Gasteiger charge is -2.23. The van der Waals surface area contributed by atoms with Gasteiger partial charge in [-0.15, -0.1) is 0 Å². The third kappa shape index (κ3) is 4.91. The first-order chi connectivity index (χ1) is 7.53. The Labute approximate surface area is 95.8 Å². The van der Waals surface area contributed by atoms with Crippen molar-refractivity contribution in [3.8, 4) is 0 Å². The van der Waals surface area contributed by atoms with Crippen LogP contribution in [0.4, 0.5) is 0 Å². The van der Waals surface area contributed by atoms with Gasteiger partial charge < -0.3 is 10.1 Å². The normalized spacial score (nSPS) is 21.7. The van der Waals surface area contributed by atoms with Crippen molar-refractivity contribution < 1.29 is 17.9 Å². The third-order valence-electron chi connectivity index (χ3n) is 2.45. The lowest BCUT2D eigenvalue weighted by molar-refractivity contribution is -0.140. The highest BCUT2D eigenvalue weighted by Gasteiger charge is 2.20. The molecule has 94 valence electrons. The number of ether oxygens (including phenoxy) is 1. The summed E-state index contributed by atoms with van der Waals surface area (Å²) in [4.78, 5) is 10.8. The summed E-state index contributed by atoms with van der Waals surface area (Å²) in [6.07, 6.45) is 1.70. The van der Waals surface area contributed by atoms with Crippen molar-refractivity contribution in [2.75, 3.05) is 26.0 Å². The molecule has 0 aliphatic carbocycles. The van der Waals surface area contributed by atoms with Crippen molar-refractivity contribution in [3.05, 3.63) is 0 Å². The summed E-state index contributed by atoms with van der Waals surface area (Å²) >= 11 is 0. The molecule has 7 heteroatoms. The van der Waals surface area contributed by atoms with Crippen molar-refractivity contribution in [1.29, 1.82) is 0 Å². The summed E-state index contributed by atoms with van der Waals surface area (Å²) in [6, 6.07) is -0.0589. The minimum Gasteiger partial charge on any atom is -0.469 e. The topological polar surface area (TPSA) is 84.5 Å². The minimum atomic E-state index is -3.38. The molecule has 0 saturated carbocycles. The maximum atomic E-state index is 11.6. The zero-order valence-corrected chi connectivity index (χ0v) is 10.2. The molecule has 1 atom stereocenters. The van der Waals surface area contributed by atoms with E-state index in [0.29, 0.717) is 6.54 Å². The maximum absolute atomic E-state index is 11.6. The van der Waals surface area contributed by atoms with E-state index < -0.39 is 16.0 Å². The van der Waals surface area contributed by atoms with Gasteiger partial charge in [0, 0.05) is 12.6 Å². The number of hydrogen-bond acceptors (Lipinski definition) is 5. The first-order valence-corrected chi connectivity index (χ1v) is 6.96. The fraction of sp³-hybridized carbons (Fsp3) is 0.889. The minimum absolute atomic E-state index is 0.0589. The molecule has 0 unspecified atom stereocenters. The third-order valence-corrected chi connectivity index (χ3v) is 3.88. The molecule has 0 amide bonds. The number of methoxy groups -OCH3 is 1. The van der Waals surface area contributed by atoms with Crippen LogP contribution in [0.3, 0.4) is 0 Å². The molecule has 1 aliphatic rings. The van der Waals surface area contributed by atoms with Gasteiger partial charge in [0.1, 0.15) is 0 Å². The molecule has 1 heterocycles. The fourth-order valence-electron chi connectivity index (χ4n) is 1.59. The Morgan fingerprint density at radius 2 is 2.31 bits per heavy atom. The summed E-state index contributed by atoms with van der Waals surface area (Å²) in [5.41, 5.74) is 0. The van der Waals surface area contributed by atoms with Gasteiger partial charge in [-0.25, -0.2) is 13.1 Å². The molecular formula is C9H18N2O4S. The van der Waals surface area contributed by atoms with Crippen LogP contribution >= 0.6 is 0 Å². The number of hydrogen-bond donors (Lipinski definition) is 2. The summed E-state index contributed by atoms with van der Waals surface area (Å²) in [5, 5.41) is 3.11. The van der Waals surface area contributed by atoms with E-state index in [1.54, 1.807) is 0 Å². The number of sulfonamides is 1. The van der Waals surface area contributed by atoms with Crippen molar-refractivity contribution in [1.82, 2.24) is 10.0 Å². The molecule has 16 heavy (non-hydrogen) atoms. The second-order valence-electron chi connectivity index (χ2n) is 3.81. The van der Waals surface area contributed by atoms with E-state index in [4.69, 9.17) is 0 Å². The molecule has 0 radical (unpaired) electrons. The van der Waals surface area contributed by atoms with E-state index in [-0.39, 0.29) is 18.2 Å². The molecule has 6 nitrogen and oxygen atoms in total. The van der Waals surface area contributed by atoms with Crippen LogP contribution in [-0.2, 0) is 19.6 Å². The molecule has 0 aromatic carbocycles. The molecule has 2 N–H and O–H groups in total. The second kappa shape index (κ2) is 6.17. The van der Waals surface area contributed by atoms with E-state index >= 15 is 0 Å². The zero-order valence-electron chi connectivity index (χ0n) is 9.36. The van der Waals surface area contributed by atoms with Gasteiger partial charge in [-0.3, -0.25) is 4.79 Å². The number of carbonyl (C=O) groups is 1. The van der Waals surface area contributed by atoms with Crippen LogP contribution in [-0.4, -0.2) is 46.4 Å². The van der Waals surface area contributed by atoms with Gasteiger partial charge in [0.05, 0.1) is 19.3 Å². The Kier molecular flexibility index (Phi) is 5.17. The van der Waals surface area contributed by atoms with Crippen LogP contribution in [0, 0.1) is 0 Å². The fourth-order valence-corrected chi connectivity index (χ4v) is 2.85.